The number of hydrogen-bond donors (Lipinski definition) is 0. The molecule has 0 aliphatic heterocycles. The topological polar surface area (TPSA) is 104 Å². The molecule has 0 bridgehead atoms. The first-order chi connectivity index (χ1) is 8.61. The minimum absolute atomic E-state index is 0.366. The molecule has 19 heavy (non-hydrogen) atoms. The number of esters is 1. The summed E-state index contributed by atoms with van der Waals surface area (Å²) in [5, 5.41) is 10.6. The molecule has 0 aliphatic rings. The highest BCUT2D eigenvalue weighted by atomic mass is 16.6. The molecule has 1 aromatic heterocycles. The summed E-state index contributed by atoms with van der Waals surface area (Å²) in [5.74, 6) is -0.656. The molecule has 1 rings (SSSR count). The molecular formula is C11H15N3O5. The van der Waals surface area contributed by atoms with E-state index >= 15 is 0 Å². The van der Waals surface area contributed by atoms with Crippen LogP contribution in [0.25, 0.3) is 0 Å². The van der Waals surface area contributed by atoms with Crippen LogP contribution in [0.4, 0.5) is 5.69 Å². The normalized spacial score (nSPS) is 12.8. The van der Waals surface area contributed by atoms with Gasteiger partial charge in [0.25, 0.3) is 0 Å². The fourth-order valence-corrected chi connectivity index (χ4v) is 1.29. The number of nitro groups is 1. The van der Waals surface area contributed by atoms with E-state index in [4.69, 9.17) is 4.74 Å². The molecule has 8 nitrogen and oxygen atoms in total. The van der Waals surface area contributed by atoms with Crippen molar-refractivity contribution in [1.82, 2.24) is 9.55 Å². The van der Waals surface area contributed by atoms with Gasteiger partial charge in [0, 0.05) is 0 Å². The van der Waals surface area contributed by atoms with Crippen molar-refractivity contribution in [3.8, 4) is 0 Å². The quantitative estimate of drug-likeness (QED) is 0.461. The fourth-order valence-electron chi connectivity index (χ4n) is 1.29. The molecule has 0 radical (unpaired) electrons. The van der Waals surface area contributed by atoms with Crippen molar-refractivity contribution in [1.29, 1.82) is 0 Å². The summed E-state index contributed by atoms with van der Waals surface area (Å²) in [6.45, 7) is 6.48. The maximum absolute atomic E-state index is 11.8. The van der Waals surface area contributed by atoms with Crippen molar-refractivity contribution < 1.29 is 14.5 Å². The van der Waals surface area contributed by atoms with Crippen molar-refractivity contribution in [3.05, 3.63) is 33.0 Å². The molecule has 104 valence electrons. The van der Waals surface area contributed by atoms with Gasteiger partial charge in [-0.15, -0.1) is 0 Å². The molecule has 0 fully saturated rings. The van der Waals surface area contributed by atoms with Crippen LogP contribution < -0.4 is 5.69 Å². The molecule has 0 aliphatic carbocycles. The van der Waals surface area contributed by atoms with Gasteiger partial charge in [0.1, 0.15) is 17.8 Å². The van der Waals surface area contributed by atoms with E-state index < -0.39 is 28.2 Å². The van der Waals surface area contributed by atoms with Crippen LogP contribution in [-0.4, -0.2) is 26.0 Å². The van der Waals surface area contributed by atoms with Crippen molar-refractivity contribution in [3.63, 3.8) is 0 Å². The summed E-state index contributed by atoms with van der Waals surface area (Å²) in [4.78, 5) is 36.6. The van der Waals surface area contributed by atoms with E-state index in [1.54, 1.807) is 20.8 Å². The van der Waals surface area contributed by atoms with E-state index in [9.17, 15) is 19.7 Å². The Morgan fingerprint density at radius 3 is 2.58 bits per heavy atom. The van der Waals surface area contributed by atoms with E-state index in [0.717, 1.165) is 17.0 Å². The Kier molecular flexibility index (Phi) is 4.03. The predicted molar refractivity (Wildman–Crippen MR) is 65.7 cm³/mol. The van der Waals surface area contributed by atoms with Crippen molar-refractivity contribution in [2.75, 3.05) is 0 Å². The zero-order valence-electron chi connectivity index (χ0n) is 11.1. The van der Waals surface area contributed by atoms with Crippen LogP contribution in [0.2, 0.25) is 0 Å². The van der Waals surface area contributed by atoms with Gasteiger partial charge in [0.05, 0.1) is 11.1 Å². The highest BCUT2D eigenvalue weighted by Crippen LogP contribution is 2.15. The fraction of sp³-hybridized carbons (Fsp3) is 0.545. The SMILES string of the molecule is CC(C(=O)OC(C)(C)C)n1cc([N+](=O)[O-])cnc1=O. The third-order valence-electron chi connectivity index (χ3n) is 2.18. The summed E-state index contributed by atoms with van der Waals surface area (Å²) in [5.41, 5.74) is -1.82. The number of carbonyl (C=O) groups excluding carboxylic acids is 1. The smallest absolute Gasteiger partial charge is 0.348 e. The molecule has 1 aromatic rings. The van der Waals surface area contributed by atoms with Gasteiger partial charge < -0.3 is 4.74 Å². The van der Waals surface area contributed by atoms with Crippen molar-refractivity contribution in [2.24, 2.45) is 0 Å². The lowest BCUT2D eigenvalue weighted by molar-refractivity contribution is -0.385. The lowest BCUT2D eigenvalue weighted by Gasteiger charge is -2.22. The molecule has 0 aromatic carbocycles. The first kappa shape index (κ1) is 14.8. The van der Waals surface area contributed by atoms with Crippen LogP contribution in [-0.2, 0) is 9.53 Å². The Bertz CT molecular complexity index is 558. The monoisotopic (exact) mass is 269 g/mol. The Balaban J connectivity index is 3.08. The highest BCUT2D eigenvalue weighted by molar-refractivity contribution is 5.74. The zero-order valence-corrected chi connectivity index (χ0v) is 11.1. The predicted octanol–water partition coefficient (Wildman–Crippen LogP) is 1.05. The van der Waals surface area contributed by atoms with Crippen LogP contribution in [0.3, 0.4) is 0 Å². The molecule has 1 atom stereocenters. The van der Waals surface area contributed by atoms with Gasteiger partial charge in [-0.1, -0.05) is 0 Å². The van der Waals surface area contributed by atoms with Crippen molar-refractivity contribution in [2.45, 2.75) is 39.3 Å². The Labute approximate surface area is 109 Å². The molecule has 0 saturated carbocycles. The van der Waals surface area contributed by atoms with Gasteiger partial charge in [-0.2, -0.15) is 4.98 Å². The summed E-state index contributed by atoms with van der Waals surface area (Å²) >= 11 is 0. The molecular weight excluding hydrogens is 254 g/mol. The minimum Gasteiger partial charge on any atom is -0.458 e. The first-order valence-corrected chi connectivity index (χ1v) is 5.57. The van der Waals surface area contributed by atoms with Gasteiger partial charge in [0.2, 0.25) is 0 Å². The molecule has 0 spiro atoms. The maximum Gasteiger partial charge on any atom is 0.348 e. The third kappa shape index (κ3) is 3.87. The van der Waals surface area contributed by atoms with Gasteiger partial charge in [0.15, 0.2) is 0 Å². The lowest BCUT2D eigenvalue weighted by atomic mass is 10.2. The first-order valence-electron chi connectivity index (χ1n) is 5.57. The van der Waals surface area contributed by atoms with E-state index in [1.165, 1.54) is 6.92 Å². The van der Waals surface area contributed by atoms with E-state index in [-0.39, 0.29) is 5.69 Å². The molecule has 0 saturated heterocycles. The number of hydrogen-bond acceptors (Lipinski definition) is 6. The lowest BCUT2D eigenvalue weighted by Crippen LogP contribution is -2.34. The molecule has 0 amide bonds. The van der Waals surface area contributed by atoms with Gasteiger partial charge in [-0.25, -0.2) is 9.59 Å². The molecule has 1 unspecified atom stereocenters. The second-order valence-corrected chi connectivity index (χ2v) is 4.97. The Morgan fingerprint density at radius 1 is 1.53 bits per heavy atom. The summed E-state index contributed by atoms with van der Waals surface area (Å²) in [6.07, 6.45) is 1.82. The largest absolute Gasteiger partial charge is 0.458 e. The van der Waals surface area contributed by atoms with Gasteiger partial charge in [-0.3, -0.25) is 14.7 Å². The summed E-state index contributed by atoms with van der Waals surface area (Å²) in [6, 6.07) is -0.987. The minimum atomic E-state index is -0.987. The zero-order chi connectivity index (χ0) is 14.8. The second-order valence-electron chi connectivity index (χ2n) is 4.97. The average Bonchev–Trinajstić information content (AvgIpc) is 2.26. The van der Waals surface area contributed by atoms with Gasteiger partial charge in [-0.05, 0) is 27.7 Å². The third-order valence-corrected chi connectivity index (χ3v) is 2.18. The Morgan fingerprint density at radius 2 is 2.11 bits per heavy atom. The summed E-state index contributed by atoms with van der Waals surface area (Å²) < 4.78 is 5.99. The maximum atomic E-state index is 11.8. The van der Waals surface area contributed by atoms with Crippen molar-refractivity contribution >= 4 is 11.7 Å². The Hall–Kier alpha value is -2.25. The number of rotatable bonds is 3. The number of ether oxygens (including phenoxy) is 1. The van der Waals surface area contributed by atoms with E-state index in [0.29, 0.717) is 0 Å². The number of aromatic nitrogens is 2. The van der Waals surface area contributed by atoms with Crippen LogP contribution in [0, 0.1) is 10.1 Å². The van der Waals surface area contributed by atoms with Crippen LogP contribution >= 0.6 is 0 Å². The van der Waals surface area contributed by atoms with Gasteiger partial charge >= 0.3 is 17.3 Å². The molecule has 1 heterocycles. The summed E-state index contributed by atoms with van der Waals surface area (Å²) in [7, 11) is 0. The van der Waals surface area contributed by atoms with Crippen LogP contribution in [0.5, 0.6) is 0 Å². The average molecular weight is 269 g/mol. The van der Waals surface area contributed by atoms with E-state index in [2.05, 4.69) is 4.98 Å². The van der Waals surface area contributed by atoms with E-state index in [1.807, 2.05) is 0 Å². The van der Waals surface area contributed by atoms with Crippen LogP contribution in [0.1, 0.15) is 33.7 Å². The molecule has 8 heteroatoms. The standard InChI is InChI=1S/C11H15N3O5/c1-7(9(15)19-11(2,3)4)13-6-8(14(17)18)5-12-10(13)16/h5-7H,1-4H3. The number of carbonyl (C=O) groups is 1. The second kappa shape index (κ2) is 5.17. The highest BCUT2D eigenvalue weighted by Gasteiger charge is 2.25. The van der Waals surface area contributed by atoms with Crippen LogP contribution in [0.15, 0.2) is 17.2 Å². The molecule has 0 N–H and O–H groups in total. The number of nitrogens with zero attached hydrogens (tertiary/aromatic N) is 3.